The van der Waals surface area contributed by atoms with E-state index in [-0.39, 0.29) is 0 Å². The second-order valence-corrected chi connectivity index (χ2v) is 2.51. The summed E-state index contributed by atoms with van der Waals surface area (Å²) in [5.74, 6) is 2.46. The van der Waals surface area contributed by atoms with E-state index in [1.165, 1.54) is 0 Å². The van der Waals surface area contributed by atoms with E-state index < -0.39 is 0 Å². The largest absolute Gasteiger partial charge is 0.353 e. The molecule has 2 heterocycles. The molecule has 2 aromatic rings. The molecular formula is C13H18N2O. The van der Waals surface area contributed by atoms with Crippen molar-refractivity contribution in [2.24, 2.45) is 0 Å². The van der Waals surface area contributed by atoms with Crippen LogP contribution in [0, 0.1) is 19.3 Å². The van der Waals surface area contributed by atoms with Crippen LogP contribution in [0.3, 0.4) is 0 Å². The lowest BCUT2D eigenvalue weighted by Crippen LogP contribution is -1.79. The van der Waals surface area contributed by atoms with Gasteiger partial charge in [-0.2, -0.15) is 0 Å². The highest BCUT2D eigenvalue weighted by atomic mass is 16.5. The third-order valence-electron chi connectivity index (χ3n) is 1.71. The van der Waals surface area contributed by atoms with Gasteiger partial charge < -0.3 is 4.52 Å². The maximum atomic E-state index is 5.24. The van der Waals surface area contributed by atoms with Crippen LogP contribution in [0.25, 0.3) is 11.0 Å². The Kier molecular flexibility index (Phi) is 6.62. The zero-order valence-corrected chi connectivity index (χ0v) is 10.5. The van der Waals surface area contributed by atoms with Gasteiger partial charge in [0.15, 0.2) is 11.3 Å². The second kappa shape index (κ2) is 7.47. The van der Waals surface area contributed by atoms with Crippen molar-refractivity contribution >= 4 is 11.0 Å². The highest BCUT2D eigenvalue weighted by molar-refractivity contribution is 5.84. The molecule has 3 nitrogen and oxygen atoms in total. The fourth-order valence-corrected chi connectivity index (χ4v) is 1.15. The molecule has 0 aliphatic heterocycles. The Bertz CT molecular complexity index is 466. The number of aromatic nitrogens is 2. The summed E-state index contributed by atoms with van der Waals surface area (Å²) in [5, 5.41) is 4.61. The lowest BCUT2D eigenvalue weighted by molar-refractivity contribution is 0.453. The summed E-state index contributed by atoms with van der Waals surface area (Å²) in [5.41, 5.74) is 2.18. The third-order valence-corrected chi connectivity index (χ3v) is 1.71. The fourth-order valence-electron chi connectivity index (χ4n) is 1.15. The molecule has 0 saturated heterocycles. The monoisotopic (exact) mass is 218 g/mol. The number of nitrogens with zero attached hydrogens (tertiary/aromatic N) is 2. The van der Waals surface area contributed by atoms with Gasteiger partial charge in [0.05, 0.1) is 11.6 Å². The Morgan fingerprint density at radius 2 is 1.81 bits per heavy atom. The SMILES string of the molecule is C#Cc1noc2cncc(C)c12.CC.CC. The predicted molar refractivity (Wildman–Crippen MR) is 67.2 cm³/mol. The number of rotatable bonds is 0. The Morgan fingerprint density at radius 3 is 2.38 bits per heavy atom. The van der Waals surface area contributed by atoms with E-state index >= 15 is 0 Å². The van der Waals surface area contributed by atoms with Crippen molar-refractivity contribution < 1.29 is 4.52 Å². The molecule has 2 rings (SSSR count). The van der Waals surface area contributed by atoms with Crippen LogP contribution in [0.4, 0.5) is 0 Å². The molecule has 0 amide bonds. The van der Waals surface area contributed by atoms with E-state index in [2.05, 4.69) is 16.1 Å². The van der Waals surface area contributed by atoms with E-state index in [1.54, 1.807) is 12.4 Å². The van der Waals surface area contributed by atoms with Gasteiger partial charge in [-0.15, -0.1) is 6.42 Å². The third kappa shape index (κ3) is 2.83. The van der Waals surface area contributed by atoms with Gasteiger partial charge in [-0.25, -0.2) is 0 Å². The number of terminal acetylenes is 1. The molecule has 0 aliphatic carbocycles. The van der Waals surface area contributed by atoms with Crippen LogP contribution in [-0.2, 0) is 0 Å². The van der Waals surface area contributed by atoms with Gasteiger partial charge in [0.1, 0.15) is 0 Å². The highest BCUT2D eigenvalue weighted by Gasteiger charge is 2.07. The van der Waals surface area contributed by atoms with Crippen LogP contribution in [-0.4, -0.2) is 10.1 Å². The minimum atomic E-state index is 0.546. The zero-order valence-electron chi connectivity index (χ0n) is 10.5. The van der Waals surface area contributed by atoms with Crippen LogP contribution in [0.2, 0.25) is 0 Å². The lowest BCUT2D eigenvalue weighted by atomic mass is 10.2. The molecule has 2 aromatic heterocycles. The topological polar surface area (TPSA) is 38.9 Å². The minimum absolute atomic E-state index is 0.546. The van der Waals surface area contributed by atoms with Gasteiger partial charge >= 0.3 is 0 Å². The summed E-state index contributed by atoms with van der Waals surface area (Å²) in [6.07, 6.45) is 8.58. The lowest BCUT2D eigenvalue weighted by Gasteiger charge is -1.90. The first kappa shape index (κ1) is 14.2. The van der Waals surface area contributed by atoms with Crippen molar-refractivity contribution in [1.29, 1.82) is 0 Å². The standard InChI is InChI=1S/C9H6N2O.2C2H6/c1-3-7-9-6(2)4-10-5-8(9)12-11-7;2*1-2/h1,4-5H,2H3;2*1-2H3. The Morgan fingerprint density at radius 1 is 1.19 bits per heavy atom. The van der Waals surface area contributed by atoms with Crippen LogP contribution >= 0.6 is 0 Å². The maximum Gasteiger partial charge on any atom is 0.186 e. The van der Waals surface area contributed by atoms with Gasteiger partial charge in [-0.3, -0.25) is 4.98 Å². The van der Waals surface area contributed by atoms with Gasteiger partial charge in [-0.1, -0.05) is 32.9 Å². The summed E-state index contributed by atoms with van der Waals surface area (Å²) >= 11 is 0. The fraction of sp³-hybridized carbons (Fsp3) is 0.385. The summed E-state index contributed by atoms with van der Waals surface area (Å²) in [6, 6.07) is 0. The van der Waals surface area contributed by atoms with Gasteiger partial charge in [0, 0.05) is 6.20 Å². The number of hydrogen-bond acceptors (Lipinski definition) is 3. The van der Waals surface area contributed by atoms with E-state index in [4.69, 9.17) is 10.9 Å². The molecule has 3 heteroatoms. The molecule has 0 bridgehead atoms. The molecule has 0 radical (unpaired) electrons. The van der Waals surface area contributed by atoms with Crippen molar-refractivity contribution in [1.82, 2.24) is 10.1 Å². The molecule has 0 fully saturated rings. The summed E-state index contributed by atoms with van der Waals surface area (Å²) in [7, 11) is 0. The van der Waals surface area contributed by atoms with Crippen molar-refractivity contribution in [2.45, 2.75) is 34.6 Å². The normalized spacial score (nSPS) is 8.25. The van der Waals surface area contributed by atoms with Crippen molar-refractivity contribution in [3.05, 3.63) is 23.7 Å². The summed E-state index contributed by atoms with van der Waals surface area (Å²) in [4.78, 5) is 3.96. The Balaban J connectivity index is 0.000000509. The van der Waals surface area contributed by atoms with Gasteiger partial charge in [0.25, 0.3) is 0 Å². The predicted octanol–water partition coefficient (Wildman–Crippen LogP) is 3.56. The molecule has 0 N–H and O–H groups in total. The van der Waals surface area contributed by atoms with Crippen LogP contribution in [0.15, 0.2) is 16.9 Å². The molecule has 0 saturated carbocycles. The maximum absolute atomic E-state index is 5.24. The molecule has 86 valence electrons. The van der Waals surface area contributed by atoms with E-state index in [1.807, 2.05) is 34.6 Å². The Hall–Kier alpha value is -1.82. The quantitative estimate of drug-likeness (QED) is 0.634. The average Bonchev–Trinajstić information content (AvgIpc) is 2.79. The number of fused-ring (bicyclic) bond motifs is 1. The zero-order chi connectivity index (χ0) is 12.6. The number of aryl methyl sites for hydroxylation is 1. The second-order valence-electron chi connectivity index (χ2n) is 2.51. The molecule has 0 aliphatic rings. The average molecular weight is 218 g/mol. The molecule has 0 aromatic carbocycles. The molecule has 0 atom stereocenters. The first-order valence-corrected chi connectivity index (χ1v) is 5.49. The summed E-state index contributed by atoms with van der Waals surface area (Å²) in [6.45, 7) is 9.92. The number of hydrogen-bond donors (Lipinski definition) is 0. The van der Waals surface area contributed by atoms with Crippen LogP contribution < -0.4 is 0 Å². The molecule has 0 spiro atoms. The first-order chi connectivity index (χ1) is 7.83. The van der Waals surface area contributed by atoms with E-state index in [0.29, 0.717) is 11.3 Å². The van der Waals surface area contributed by atoms with E-state index in [9.17, 15) is 0 Å². The molecule has 0 unspecified atom stereocenters. The van der Waals surface area contributed by atoms with Gasteiger partial charge in [-0.05, 0) is 18.4 Å². The molecular weight excluding hydrogens is 200 g/mol. The van der Waals surface area contributed by atoms with E-state index in [0.717, 1.165) is 10.9 Å². The summed E-state index contributed by atoms with van der Waals surface area (Å²) < 4.78 is 4.97. The van der Waals surface area contributed by atoms with Crippen molar-refractivity contribution in [3.63, 3.8) is 0 Å². The first-order valence-electron chi connectivity index (χ1n) is 5.49. The molecule has 16 heavy (non-hydrogen) atoms. The van der Waals surface area contributed by atoms with Gasteiger partial charge in [0.2, 0.25) is 0 Å². The van der Waals surface area contributed by atoms with Crippen LogP contribution in [0.1, 0.15) is 39.0 Å². The van der Waals surface area contributed by atoms with Crippen molar-refractivity contribution in [3.8, 4) is 12.3 Å². The smallest absolute Gasteiger partial charge is 0.186 e. The van der Waals surface area contributed by atoms with Crippen molar-refractivity contribution in [2.75, 3.05) is 0 Å². The minimum Gasteiger partial charge on any atom is -0.353 e. The Labute approximate surface area is 96.9 Å². The number of pyridine rings is 1. The highest BCUT2D eigenvalue weighted by Crippen LogP contribution is 2.19. The van der Waals surface area contributed by atoms with Crippen LogP contribution in [0.5, 0.6) is 0 Å².